The molecule has 0 spiro atoms. The van der Waals surface area contributed by atoms with Crippen molar-refractivity contribution in [2.75, 3.05) is 25.0 Å². The normalized spacial score (nSPS) is 20.1. The molecule has 5 heteroatoms. The van der Waals surface area contributed by atoms with Gasteiger partial charge in [-0.05, 0) is 31.0 Å². The zero-order chi connectivity index (χ0) is 13.1. The Morgan fingerprint density at radius 1 is 1.61 bits per heavy atom. The molecule has 3 N–H and O–H groups in total. The van der Waals surface area contributed by atoms with Crippen LogP contribution in [0.25, 0.3) is 0 Å². The van der Waals surface area contributed by atoms with Gasteiger partial charge in [-0.25, -0.2) is 0 Å². The van der Waals surface area contributed by atoms with E-state index in [1.807, 2.05) is 25.1 Å². The number of benzene rings is 1. The number of halogens is 1. The highest BCUT2D eigenvalue weighted by Gasteiger charge is 2.21. The van der Waals surface area contributed by atoms with Gasteiger partial charge in [0.05, 0.1) is 17.3 Å². The Kier molecular flexibility index (Phi) is 4.22. The second-order valence-electron chi connectivity index (χ2n) is 4.82. The maximum Gasteiger partial charge on any atom is 0.238 e. The third-order valence-electron chi connectivity index (χ3n) is 3.07. The number of carbonyl (C=O) groups is 1. The van der Waals surface area contributed by atoms with Crippen molar-refractivity contribution in [1.82, 2.24) is 4.90 Å². The molecular formula is C13H18ClN3O. The Morgan fingerprint density at radius 2 is 2.39 bits per heavy atom. The Balaban J connectivity index is 1.91. The molecule has 0 unspecified atom stereocenters. The van der Waals surface area contributed by atoms with Crippen molar-refractivity contribution in [3.63, 3.8) is 0 Å². The van der Waals surface area contributed by atoms with Crippen LogP contribution in [-0.4, -0.2) is 36.5 Å². The molecule has 1 aliphatic heterocycles. The summed E-state index contributed by atoms with van der Waals surface area (Å²) in [4.78, 5) is 13.9. The number of anilines is 1. The summed E-state index contributed by atoms with van der Waals surface area (Å²) in [7, 11) is 0. The van der Waals surface area contributed by atoms with E-state index in [9.17, 15) is 4.79 Å². The van der Waals surface area contributed by atoms with Crippen LogP contribution in [-0.2, 0) is 4.79 Å². The van der Waals surface area contributed by atoms with Crippen molar-refractivity contribution < 1.29 is 4.79 Å². The van der Waals surface area contributed by atoms with E-state index in [1.165, 1.54) is 0 Å². The highest BCUT2D eigenvalue weighted by molar-refractivity contribution is 6.33. The van der Waals surface area contributed by atoms with Gasteiger partial charge in [0.2, 0.25) is 5.91 Å². The zero-order valence-electron chi connectivity index (χ0n) is 10.4. The lowest BCUT2D eigenvalue weighted by molar-refractivity contribution is -0.117. The summed E-state index contributed by atoms with van der Waals surface area (Å²) in [6.07, 6.45) is 0.957. The molecule has 0 aliphatic carbocycles. The number of rotatable bonds is 3. The number of likely N-dealkylation sites (tertiary alicyclic amines) is 1. The molecule has 1 aromatic rings. The molecule has 18 heavy (non-hydrogen) atoms. The fraction of sp³-hybridized carbons (Fsp3) is 0.462. The number of nitrogens with one attached hydrogen (secondary N) is 1. The van der Waals surface area contributed by atoms with Crippen molar-refractivity contribution in [2.45, 2.75) is 19.4 Å². The van der Waals surface area contributed by atoms with Crippen LogP contribution in [0.15, 0.2) is 18.2 Å². The maximum atomic E-state index is 11.9. The molecule has 1 atom stereocenters. The van der Waals surface area contributed by atoms with Gasteiger partial charge in [-0.1, -0.05) is 17.7 Å². The number of aryl methyl sites for hydroxylation is 1. The topological polar surface area (TPSA) is 58.4 Å². The van der Waals surface area contributed by atoms with Crippen LogP contribution in [0.3, 0.4) is 0 Å². The van der Waals surface area contributed by atoms with Gasteiger partial charge in [0.15, 0.2) is 0 Å². The number of nitrogens with zero attached hydrogens (tertiary/aromatic N) is 1. The Hall–Kier alpha value is -1.10. The number of hydrogen-bond acceptors (Lipinski definition) is 3. The summed E-state index contributed by atoms with van der Waals surface area (Å²) < 4.78 is 0. The van der Waals surface area contributed by atoms with Crippen molar-refractivity contribution in [2.24, 2.45) is 5.73 Å². The Labute approximate surface area is 112 Å². The van der Waals surface area contributed by atoms with Crippen LogP contribution in [0.5, 0.6) is 0 Å². The van der Waals surface area contributed by atoms with Gasteiger partial charge in [0.1, 0.15) is 0 Å². The van der Waals surface area contributed by atoms with Gasteiger partial charge in [0.25, 0.3) is 0 Å². The van der Waals surface area contributed by atoms with Gasteiger partial charge < -0.3 is 11.1 Å². The summed E-state index contributed by atoms with van der Waals surface area (Å²) in [6, 6.07) is 5.78. The lowest BCUT2D eigenvalue weighted by atomic mass is 10.2. The average molecular weight is 268 g/mol. The standard InChI is InChI=1S/C13H18ClN3O/c1-9-2-3-12(11(14)6-9)16-13(18)8-17-5-4-10(15)7-17/h2-3,6,10H,4-5,7-8,15H2,1H3,(H,16,18)/t10-/m1/s1. The van der Waals surface area contributed by atoms with Gasteiger partial charge in [-0.3, -0.25) is 9.69 Å². The average Bonchev–Trinajstić information content (AvgIpc) is 2.68. The van der Waals surface area contributed by atoms with Crippen LogP contribution in [0.1, 0.15) is 12.0 Å². The van der Waals surface area contributed by atoms with Crippen LogP contribution in [0.2, 0.25) is 5.02 Å². The van der Waals surface area contributed by atoms with Crippen molar-refractivity contribution in [3.8, 4) is 0 Å². The first-order chi connectivity index (χ1) is 8.54. The molecule has 0 saturated carbocycles. The van der Waals surface area contributed by atoms with E-state index in [0.29, 0.717) is 17.3 Å². The summed E-state index contributed by atoms with van der Waals surface area (Å²) in [5, 5.41) is 3.40. The first kappa shape index (κ1) is 13.3. The summed E-state index contributed by atoms with van der Waals surface area (Å²) in [5.41, 5.74) is 7.54. The van der Waals surface area contributed by atoms with Crippen molar-refractivity contribution in [3.05, 3.63) is 28.8 Å². The molecule has 4 nitrogen and oxygen atoms in total. The molecular weight excluding hydrogens is 250 g/mol. The molecule has 2 rings (SSSR count). The van der Waals surface area contributed by atoms with Gasteiger partial charge in [-0.2, -0.15) is 0 Å². The lowest BCUT2D eigenvalue weighted by Gasteiger charge is -2.15. The quantitative estimate of drug-likeness (QED) is 0.875. The lowest BCUT2D eigenvalue weighted by Crippen LogP contribution is -2.33. The molecule has 1 saturated heterocycles. The van der Waals surface area contributed by atoms with E-state index in [1.54, 1.807) is 0 Å². The van der Waals surface area contributed by atoms with Crippen LogP contribution < -0.4 is 11.1 Å². The highest BCUT2D eigenvalue weighted by Crippen LogP contribution is 2.22. The van der Waals surface area contributed by atoms with Gasteiger partial charge in [0, 0.05) is 19.1 Å². The first-order valence-electron chi connectivity index (χ1n) is 6.08. The van der Waals surface area contributed by atoms with Crippen LogP contribution >= 0.6 is 11.6 Å². The third kappa shape index (κ3) is 3.45. The second-order valence-corrected chi connectivity index (χ2v) is 5.22. The van der Waals surface area contributed by atoms with E-state index in [-0.39, 0.29) is 11.9 Å². The third-order valence-corrected chi connectivity index (χ3v) is 3.39. The van der Waals surface area contributed by atoms with E-state index < -0.39 is 0 Å². The van der Waals surface area contributed by atoms with E-state index in [4.69, 9.17) is 17.3 Å². The first-order valence-corrected chi connectivity index (χ1v) is 6.46. The predicted octanol–water partition coefficient (Wildman–Crippen LogP) is 1.62. The minimum absolute atomic E-state index is 0.0464. The number of hydrogen-bond donors (Lipinski definition) is 2. The fourth-order valence-corrected chi connectivity index (χ4v) is 2.40. The highest BCUT2D eigenvalue weighted by atomic mass is 35.5. The van der Waals surface area contributed by atoms with Crippen molar-refractivity contribution >= 4 is 23.2 Å². The molecule has 1 aromatic carbocycles. The van der Waals surface area contributed by atoms with E-state index in [2.05, 4.69) is 10.2 Å². The predicted molar refractivity (Wildman–Crippen MR) is 73.9 cm³/mol. The molecule has 1 aliphatic rings. The molecule has 1 heterocycles. The van der Waals surface area contributed by atoms with Gasteiger partial charge in [-0.15, -0.1) is 0 Å². The minimum atomic E-state index is -0.0464. The Morgan fingerprint density at radius 3 is 3.00 bits per heavy atom. The minimum Gasteiger partial charge on any atom is -0.326 e. The second kappa shape index (κ2) is 5.69. The SMILES string of the molecule is Cc1ccc(NC(=O)CN2CC[C@@H](N)C2)c(Cl)c1. The summed E-state index contributed by atoms with van der Waals surface area (Å²) in [5.74, 6) is -0.0464. The maximum absolute atomic E-state index is 11.9. The van der Waals surface area contributed by atoms with E-state index >= 15 is 0 Å². The molecule has 0 bridgehead atoms. The summed E-state index contributed by atoms with van der Waals surface area (Å²) in [6.45, 7) is 4.01. The van der Waals surface area contributed by atoms with Crippen LogP contribution in [0.4, 0.5) is 5.69 Å². The van der Waals surface area contributed by atoms with Gasteiger partial charge >= 0.3 is 0 Å². The smallest absolute Gasteiger partial charge is 0.238 e. The van der Waals surface area contributed by atoms with E-state index in [0.717, 1.165) is 25.1 Å². The Bertz CT molecular complexity index is 450. The summed E-state index contributed by atoms with van der Waals surface area (Å²) >= 11 is 6.07. The monoisotopic (exact) mass is 267 g/mol. The number of nitrogens with two attached hydrogens (primary N) is 1. The molecule has 98 valence electrons. The molecule has 1 amide bonds. The fourth-order valence-electron chi connectivity index (χ4n) is 2.12. The largest absolute Gasteiger partial charge is 0.326 e. The number of carbonyl (C=O) groups excluding carboxylic acids is 1. The molecule has 0 aromatic heterocycles. The van der Waals surface area contributed by atoms with Crippen molar-refractivity contribution in [1.29, 1.82) is 0 Å². The molecule has 0 radical (unpaired) electrons. The zero-order valence-corrected chi connectivity index (χ0v) is 11.2. The number of amides is 1. The molecule has 1 fully saturated rings. The van der Waals surface area contributed by atoms with Crippen LogP contribution in [0, 0.1) is 6.92 Å².